The highest BCUT2D eigenvalue weighted by molar-refractivity contribution is 6.04. The van der Waals surface area contributed by atoms with Crippen molar-refractivity contribution >= 4 is 17.6 Å². The van der Waals surface area contributed by atoms with Crippen LogP contribution in [-0.4, -0.2) is 22.0 Å². The van der Waals surface area contributed by atoms with E-state index < -0.39 is 17.8 Å². The number of aromatic carboxylic acids is 1. The molecule has 0 saturated carbocycles. The van der Waals surface area contributed by atoms with Crippen molar-refractivity contribution in [3.63, 3.8) is 0 Å². The molecule has 0 saturated heterocycles. The highest BCUT2D eigenvalue weighted by atomic mass is 19.1. The molecule has 0 aliphatic rings. The Bertz CT molecular complexity index is 626. The Morgan fingerprint density at radius 3 is 2.58 bits per heavy atom. The van der Waals surface area contributed by atoms with Crippen LogP contribution in [0, 0.1) is 5.95 Å². The van der Waals surface area contributed by atoms with E-state index in [-0.39, 0.29) is 11.1 Å². The number of carbonyl (C=O) groups is 2. The van der Waals surface area contributed by atoms with Gasteiger partial charge in [-0.1, -0.05) is 6.07 Å². The maximum Gasteiger partial charge on any atom is 0.335 e. The summed E-state index contributed by atoms with van der Waals surface area (Å²) in [6.07, 6.45) is 1.10. The lowest BCUT2D eigenvalue weighted by molar-refractivity contribution is 0.0696. The van der Waals surface area contributed by atoms with E-state index in [0.29, 0.717) is 5.69 Å². The Hall–Kier alpha value is -2.76. The molecule has 1 heterocycles. The van der Waals surface area contributed by atoms with Gasteiger partial charge < -0.3 is 10.4 Å². The van der Waals surface area contributed by atoms with Crippen LogP contribution in [0.1, 0.15) is 20.7 Å². The van der Waals surface area contributed by atoms with Crippen LogP contribution in [0.15, 0.2) is 42.6 Å². The molecule has 5 nitrogen and oxygen atoms in total. The number of carboxylic acid groups (broad SMARTS) is 1. The zero-order valence-electron chi connectivity index (χ0n) is 9.63. The van der Waals surface area contributed by atoms with Crippen molar-refractivity contribution in [2.75, 3.05) is 5.32 Å². The van der Waals surface area contributed by atoms with E-state index in [1.54, 1.807) is 6.07 Å². The van der Waals surface area contributed by atoms with Gasteiger partial charge >= 0.3 is 5.97 Å². The van der Waals surface area contributed by atoms with Crippen LogP contribution in [0.2, 0.25) is 0 Å². The third kappa shape index (κ3) is 3.12. The smallest absolute Gasteiger partial charge is 0.335 e. The lowest BCUT2D eigenvalue weighted by Crippen LogP contribution is -2.12. The molecule has 0 aliphatic heterocycles. The number of nitrogens with zero attached hydrogens (tertiary/aromatic N) is 1. The van der Waals surface area contributed by atoms with Crippen molar-refractivity contribution < 1.29 is 19.1 Å². The SMILES string of the molecule is O=C(O)c1cccc(NC(=O)c2ccc(F)nc2)c1. The number of nitrogens with one attached hydrogen (secondary N) is 1. The van der Waals surface area contributed by atoms with Crippen molar-refractivity contribution in [2.24, 2.45) is 0 Å². The summed E-state index contributed by atoms with van der Waals surface area (Å²) < 4.78 is 12.6. The van der Waals surface area contributed by atoms with Gasteiger partial charge in [0, 0.05) is 11.9 Å². The van der Waals surface area contributed by atoms with Crippen molar-refractivity contribution in [2.45, 2.75) is 0 Å². The molecule has 0 aliphatic carbocycles. The Morgan fingerprint density at radius 1 is 1.16 bits per heavy atom. The largest absolute Gasteiger partial charge is 0.478 e. The van der Waals surface area contributed by atoms with Crippen molar-refractivity contribution in [1.82, 2.24) is 4.98 Å². The maximum absolute atomic E-state index is 12.6. The average molecular weight is 260 g/mol. The van der Waals surface area contributed by atoms with Crippen LogP contribution in [0.3, 0.4) is 0 Å². The Morgan fingerprint density at radius 2 is 1.95 bits per heavy atom. The van der Waals surface area contributed by atoms with Gasteiger partial charge in [0.1, 0.15) is 0 Å². The number of pyridine rings is 1. The standard InChI is InChI=1S/C13H9FN2O3/c14-11-5-4-9(7-15-11)12(17)16-10-3-1-2-8(6-10)13(18)19/h1-7H,(H,16,17)(H,18,19). The first-order valence-electron chi connectivity index (χ1n) is 5.32. The van der Waals surface area contributed by atoms with Crippen molar-refractivity contribution in [1.29, 1.82) is 0 Å². The number of anilines is 1. The molecule has 0 bridgehead atoms. The predicted octanol–water partition coefficient (Wildman–Crippen LogP) is 2.17. The lowest BCUT2D eigenvalue weighted by Gasteiger charge is -2.05. The molecule has 1 amide bonds. The van der Waals surface area contributed by atoms with Gasteiger partial charge in [-0.15, -0.1) is 0 Å². The van der Waals surface area contributed by atoms with Gasteiger partial charge in [-0.25, -0.2) is 9.78 Å². The topological polar surface area (TPSA) is 79.3 Å². The molecular weight excluding hydrogens is 251 g/mol. The summed E-state index contributed by atoms with van der Waals surface area (Å²) in [6.45, 7) is 0. The van der Waals surface area contributed by atoms with Crippen LogP contribution >= 0.6 is 0 Å². The fraction of sp³-hybridized carbons (Fsp3) is 0. The van der Waals surface area contributed by atoms with E-state index in [0.717, 1.165) is 12.3 Å². The number of hydrogen-bond acceptors (Lipinski definition) is 3. The van der Waals surface area contributed by atoms with Gasteiger partial charge in [-0.2, -0.15) is 4.39 Å². The third-order valence-corrected chi connectivity index (χ3v) is 2.36. The third-order valence-electron chi connectivity index (χ3n) is 2.36. The Kier molecular flexibility index (Phi) is 3.51. The van der Waals surface area contributed by atoms with Gasteiger partial charge in [0.05, 0.1) is 11.1 Å². The van der Waals surface area contributed by atoms with Crippen LogP contribution in [0.25, 0.3) is 0 Å². The fourth-order valence-electron chi connectivity index (χ4n) is 1.44. The Balaban J connectivity index is 2.17. The minimum Gasteiger partial charge on any atom is -0.478 e. The molecule has 2 rings (SSSR count). The first-order chi connectivity index (χ1) is 9.06. The number of carbonyl (C=O) groups excluding carboxylic acids is 1. The van der Waals surface area contributed by atoms with Gasteiger partial charge in [-0.05, 0) is 30.3 Å². The van der Waals surface area contributed by atoms with Crippen molar-refractivity contribution in [3.05, 3.63) is 59.7 Å². The monoisotopic (exact) mass is 260 g/mol. The quantitative estimate of drug-likeness (QED) is 0.829. The number of rotatable bonds is 3. The highest BCUT2D eigenvalue weighted by Gasteiger charge is 2.08. The summed E-state index contributed by atoms with van der Waals surface area (Å²) in [5, 5.41) is 11.3. The van der Waals surface area contributed by atoms with Gasteiger partial charge in [0.15, 0.2) is 0 Å². The predicted molar refractivity (Wildman–Crippen MR) is 65.5 cm³/mol. The first kappa shape index (κ1) is 12.7. The molecule has 0 fully saturated rings. The average Bonchev–Trinajstić information content (AvgIpc) is 2.39. The molecule has 0 radical (unpaired) electrons. The second-order valence-electron chi connectivity index (χ2n) is 3.71. The first-order valence-corrected chi connectivity index (χ1v) is 5.32. The van der Waals surface area contributed by atoms with E-state index in [9.17, 15) is 14.0 Å². The summed E-state index contributed by atoms with van der Waals surface area (Å²) >= 11 is 0. The van der Waals surface area contributed by atoms with Crippen LogP contribution in [-0.2, 0) is 0 Å². The summed E-state index contributed by atoms with van der Waals surface area (Å²) in [6, 6.07) is 8.18. The number of halogens is 1. The molecule has 6 heteroatoms. The van der Waals surface area contributed by atoms with Crippen LogP contribution < -0.4 is 5.32 Å². The molecule has 0 atom stereocenters. The highest BCUT2D eigenvalue weighted by Crippen LogP contribution is 2.12. The molecule has 0 spiro atoms. The number of amides is 1. The second kappa shape index (κ2) is 5.26. The maximum atomic E-state index is 12.6. The second-order valence-corrected chi connectivity index (χ2v) is 3.71. The number of aromatic nitrogens is 1. The normalized spacial score (nSPS) is 9.95. The van der Waals surface area contributed by atoms with Gasteiger partial charge in [0.2, 0.25) is 5.95 Å². The minimum atomic E-state index is -1.08. The van der Waals surface area contributed by atoms with Crippen LogP contribution in [0.5, 0.6) is 0 Å². The summed E-state index contributed by atoms with van der Waals surface area (Å²) in [5.41, 5.74) is 0.589. The lowest BCUT2D eigenvalue weighted by atomic mass is 10.2. The van der Waals surface area contributed by atoms with Gasteiger partial charge in [-0.3, -0.25) is 4.79 Å². The molecule has 2 N–H and O–H groups in total. The van der Waals surface area contributed by atoms with E-state index in [2.05, 4.69) is 10.3 Å². The molecular formula is C13H9FN2O3. The van der Waals surface area contributed by atoms with Gasteiger partial charge in [0.25, 0.3) is 5.91 Å². The summed E-state index contributed by atoms with van der Waals surface area (Å²) in [5.74, 6) is -2.25. The number of hydrogen-bond donors (Lipinski definition) is 2. The number of carboxylic acids is 1. The zero-order chi connectivity index (χ0) is 13.8. The molecule has 0 unspecified atom stereocenters. The molecule has 1 aromatic heterocycles. The van der Waals surface area contributed by atoms with Crippen molar-refractivity contribution in [3.8, 4) is 0 Å². The van der Waals surface area contributed by atoms with Crippen LogP contribution in [0.4, 0.5) is 10.1 Å². The number of benzene rings is 1. The van der Waals surface area contributed by atoms with E-state index in [1.807, 2.05) is 0 Å². The zero-order valence-corrected chi connectivity index (χ0v) is 9.63. The molecule has 1 aromatic carbocycles. The van der Waals surface area contributed by atoms with E-state index in [4.69, 9.17) is 5.11 Å². The molecule has 2 aromatic rings. The van der Waals surface area contributed by atoms with E-state index >= 15 is 0 Å². The molecule has 96 valence electrons. The summed E-state index contributed by atoms with van der Waals surface area (Å²) in [4.78, 5) is 25.9. The fourth-order valence-corrected chi connectivity index (χ4v) is 1.44. The molecule has 19 heavy (non-hydrogen) atoms. The minimum absolute atomic E-state index is 0.0648. The summed E-state index contributed by atoms with van der Waals surface area (Å²) in [7, 11) is 0. The van der Waals surface area contributed by atoms with E-state index in [1.165, 1.54) is 24.3 Å². The Labute approximate surface area is 107 Å².